The van der Waals surface area contributed by atoms with Crippen molar-refractivity contribution in [3.05, 3.63) is 35.9 Å². The molecule has 0 saturated carbocycles. The first-order valence-corrected chi connectivity index (χ1v) is 7.07. The highest BCUT2D eigenvalue weighted by atomic mass is 32.2. The fraction of sp³-hybridized carbons (Fsp3) is 0.500. The molecule has 1 aliphatic heterocycles. The fourth-order valence-corrected chi connectivity index (χ4v) is 4.81. The van der Waals surface area contributed by atoms with Gasteiger partial charge in [-0.25, -0.2) is 8.42 Å². The Balaban J connectivity index is 2.49. The third-order valence-electron chi connectivity index (χ3n) is 3.70. The summed E-state index contributed by atoms with van der Waals surface area (Å²) in [5.41, 5.74) is 0.738. The minimum Gasteiger partial charge on any atom is -0.298 e. The Labute approximate surface area is 97.0 Å². The Morgan fingerprint density at radius 2 is 1.81 bits per heavy atom. The SMILES string of the molecule is C[C@H]1[C@](c2ccccc2)(N(C)C)CS1(=O)=O. The summed E-state index contributed by atoms with van der Waals surface area (Å²) in [6.07, 6.45) is 0. The number of nitrogens with zero attached hydrogens (tertiary/aromatic N) is 1. The lowest BCUT2D eigenvalue weighted by atomic mass is 9.86. The summed E-state index contributed by atoms with van der Waals surface area (Å²) >= 11 is 0. The van der Waals surface area contributed by atoms with E-state index in [-0.39, 0.29) is 16.5 Å². The molecule has 16 heavy (non-hydrogen) atoms. The minimum atomic E-state index is -2.90. The van der Waals surface area contributed by atoms with Crippen LogP contribution in [-0.4, -0.2) is 38.4 Å². The Morgan fingerprint density at radius 1 is 1.25 bits per heavy atom. The molecular formula is C12H17NO2S. The molecule has 2 atom stereocenters. The van der Waals surface area contributed by atoms with Gasteiger partial charge in [-0.3, -0.25) is 4.90 Å². The maximum atomic E-state index is 11.7. The fourth-order valence-electron chi connectivity index (χ4n) is 2.54. The largest absolute Gasteiger partial charge is 0.298 e. The molecule has 4 heteroatoms. The molecule has 0 N–H and O–H groups in total. The van der Waals surface area contributed by atoms with E-state index >= 15 is 0 Å². The van der Waals surface area contributed by atoms with Gasteiger partial charge in [-0.05, 0) is 26.6 Å². The van der Waals surface area contributed by atoms with Gasteiger partial charge in [0.15, 0.2) is 9.84 Å². The molecule has 0 aliphatic carbocycles. The van der Waals surface area contributed by atoms with Gasteiger partial charge < -0.3 is 0 Å². The molecule has 2 rings (SSSR count). The zero-order valence-corrected chi connectivity index (χ0v) is 10.7. The number of sulfone groups is 1. The molecule has 88 valence electrons. The van der Waals surface area contributed by atoms with Gasteiger partial charge >= 0.3 is 0 Å². The summed E-state index contributed by atoms with van der Waals surface area (Å²) < 4.78 is 23.4. The predicted octanol–water partition coefficient (Wildman–Crippen LogP) is 1.26. The summed E-state index contributed by atoms with van der Waals surface area (Å²) in [4.78, 5) is 2.02. The van der Waals surface area contributed by atoms with Crippen LogP contribution in [0.1, 0.15) is 12.5 Å². The van der Waals surface area contributed by atoms with Crippen LogP contribution < -0.4 is 0 Å². The van der Waals surface area contributed by atoms with Crippen LogP contribution >= 0.6 is 0 Å². The standard InChI is InChI=1S/C12H17NO2S/c1-10-12(13(2)3,9-16(10,14)15)11-7-5-4-6-8-11/h4-8,10H,9H2,1-3H3/t10-,12+/m0/s1. The Kier molecular flexibility index (Phi) is 2.59. The second-order valence-electron chi connectivity index (χ2n) is 4.63. The summed E-state index contributed by atoms with van der Waals surface area (Å²) in [6, 6.07) is 9.87. The molecule has 1 aliphatic rings. The lowest BCUT2D eigenvalue weighted by Crippen LogP contribution is -2.66. The number of hydrogen-bond donors (Lipinski definition) is 0. The van der Waals surface area contributed by atoms with Gasteiger partial charge in [0, 0.05) is 0 Å². The zero-order valence-electron chi connectivity index (χ0n) is 9.84. The maximum Gasteiger partial charge on any atom is 0.157 e. The van der Waals surface area contributed by atoms with Crippen molar-refractivity contribution in [1.29, 1.82) is 0 Å². The van der Waals surface area contributed by atoms with E-state index in [1.165, 1.54) is 0 Å². The third-order valence-corrected chi connectivity index (χ3v) is 6.01. The average molecular weight is 239 g/mol. The van der Waals surface area contributed by atoms with Crippen LogP contribution in [0.15, 0.2) is 30.3 Å². The highest BCUT2D eigenvalue weighted by Crippen LogP contribution is 2.44. The first-order valence-electron chi connectivity index (χ1n) is 5.36. The number of benzene rings is 1. The van der Waals surface area contributed by atoms with Crippen molar-refractivity contribution in [2.24, 2.45) is 0 Å². The summed E-state index contributed by atoms with van der Waals surface area (Å²) in [7, 11) is 0.983. The van der Waals surface area contributed by atoms with Crippen LogP contribution in [0.3, 0.4) is 0 Å². The van der Waals surface area contributed by atoms with E-state index in [1.807, 2.05) is 49.3 Å². The lowest BCUT2D eigenvalue weighted by Gasteiger charge is -2.51. The highest BCUT2D eigenvalue weighted by Gasteiger charge is 2.58. The predicted molar refractivity (Wildman–Crippen MR) is 65.1 cm³/mol. The Morgan fingerprint density at radius 3 is 2.19 bits per heavy atom. The number of rotatable bonds is 2. The van der Waals surface area contributed by atoms with Crippen LogP contribution in [0.4, 0.5) is 0 Å². The van der Waals surface area contributed by atoms with E-state index in [0.29, 0.717) is 0 Å². The van der Waals surface area contributed by atoms with Crippen LogP contribution in [0, 0.1) is 0 Å². The second kappa shape index (κ2) is 3.57. The van der Waals surface area contributed by atoms with Gasteiger partial charge in [0.1, 0.15) is 0 Å². The summed E-state index contributed by atoms with van der Waals surface area (Å²) in [6.45, 7) is 1.80. The van der Waals surface area contributed by atoms with E-state index in [1.54, 1.807) is 6.92 Å². The quantitative estimate of drug-likeness (QED) is 0.779. The third kappa shape index (κ3) is 1.40. The van der Waals surface area contributed by atoms with Gasteiger partial charge in [-0.15, -0.1) is 0 Å². The molecule has 1 saturated heterocycles. The van der Waals surface area contributed by atoms with Crippen molar-refractivity contribution in [1.82, 2.24) is 4.90 Å². The molecule has 0 unspecified atom stereocenters. The topological polar surface area (TPSA) is 37.4 Å². The average Bonchev–Trinajstić information content (AvgIpc) is 2.26. The van der Waals surface area contributed by atoms with Crippen molar-refractivity contribution in [3.63, 3.8) is 0 Å². The Bertz CT molecular complexity index is 481. The molecule has 0 amide bonds. The molecule has 0 spiro atoms. The van der Waals surface area contributed by atoms with Crippen molar-refractivity contribution in [2.45, 2.75) is 17.7 Å². The molecular weight excluding hydrogens is 222 g/mol. The second-order valence-corrected chi connectivity index (χ2v) is 6.96. The molecule has 1 aromatic carbocycles. The van der Waals surface area contributed by atoms with Gasteiger partial charge in [-0.1, -0.05) is 30.3 Å². The van der Waals surface area contributed by atoms with Gasteiger partial charge in [0.25, 0.3) is 0 Å². The molecule has 0 bridgehead atoms. The van der Waals surface area contributed by atoms with Crippen molar-refractivity contribution in [2.75, 3.05) is 19.8 Å². The van der Waals surface area contributed by atoms with Gasteiger partial charge in [-0.2, -0.15) is 0 Å². The first kappa shape index (κ1) is 11.6. The monoisotopic (exact) mass is 239 g/mol. The molecule has 0 radical (unpaired) electrons. The summed E-state index contributed by atoms with van der Waals surface area (Å²) in [5.74, 6) is 0.220. The van der Waals surface area contributed by atoms with Crippen LogP contribution in [-0.2, 0) is 15.4 Å². The first-order chi connectivity index (χ1) is 7.41. The van der Waals surface area contributed by atoms with E-state index in [4.69, 9.17) is 0 Å². The normalized spacial score (nSPS) is 32.4. The van der Waals surface area contributed by atoms with Crippen molar-refractivity contribution in [3.8, 4) is 0 Å². The van der Waals surface area contributed by atoms with E-state index in [0.717, 1.165) is 5.56 Å². The maximum absolute atomic E-state index is 11.7. The molecule has 3 nitrogen and oxygen atoms in total. The Hall–Kier alpha value is -0.870. The smallest absolute Gasteiger partial charge is 0.157 e. The number of hydrogen-bond acceptors (Lipinski definition) is 3. The zero-order chi connectivity index (χ0) is 12.0. The van der Waals surface area contributed by atoms with Crippen molar-refractivity contribution < 1.29 is 8.42 Å². The molecule has 1 fully saturated rings. The van der Waals surface area contributed by atoms with Crippen LogP contribution in [0.5, 0.6) is 0 Å². The van der Waals surface area contributed by atoms with Crippen LogP contribution in [0.25, 0.3) is 0 Å². The summed E-state index contributed by atoms with van der Waals surface area (Å²) in [5, 5.41) is -0.336. The van der Waals surface area contributed by atoms with E-state index in [9.17, 15) is 8.42 Å². The molecule has 1 aromatic rings. The molecule has 1 heterocycles. The van der Waals surface area contributed by atoms with E-state index in [2.05, 4.69) is 0 Å². The highest BCUT2D eigenvalue weighted by molar-refractivity contribution is 7.93. The minimum absolute atomic E-state index is 0.220. The lowest BCUT2D eigenvalue weighted by molar-refractivity contribution is 0.151. The van der Waals surface area contributed by atoms with Gasteiger partial charge in [0.05, 0.1) is 16.5 Å². The van der Waals surface area contributed by atoms with Crippen LogP contribution in [0.2, 0.25) is 0 Å². The van der Waals surface area contributed by atoms with Crippen molar-refractivity contribution >= 4 is 9.84 Å². The molecule has 0 aromatic heterocycles. The van der Waals surface area contributed by atoms with E-state index < -0.39 is 9.84 Å². The van der Waals surface area contributed by atoms with Gasteiger partial charge in [0.2, 0.25) is 0 Å².